The molecule has 27 heavy (non-hydrogen) atoms. The summed E-state index contributed by atoms with van der Waals surface area (Å²) < 4.78 is 2.13. The van der Waals surface area contributed by atoms with Gasteiger partial charge in [-0.2, -0.15) is 0 Å². The van der Waals surface area contributed by atoms with Gasteiger partial charge in [-0.15, -0.1) is 0 Å². The van der Waals surface area contributed by atoms with Gasteiger partial charge in [0.05, 0.1) is 11.3 Å². The number of nitrogens with zero attached hydrogens (tertiary/aromatic N) is 1. The molecule has 0 radical (unpaired) electrons. The highest BCUT2D eigenvalue weighted by Crippen LogP contribution is 2.35. The Morgan fingerprint density at radius 2 is 1.41 bits per heavy atom. The van der Waals surface area contributed by atoms with E-state index in [2.05, 4.69) is 41.8 Å². The number of carbonyl (C=O) groups is 1. The fourth-order valence-electron chi connectivity index (χ4n) is 3.45. The molecule has 1 N–H and O–H groups in total. The number of carboxylic acids is 1. The monoisotopic (exact) mass is 353 g/mol. The third kappa shape index (κ3) is 3.15. The van der Waals surface area contributed by atoms with Crippen molar-refractivity contribution in [2.24, 2.45) is 0 Å². The van der Waals surface area contributed by atoms with E-state index in [1.807, 2.05) is 42.5 Å². The minimum Gasteiger partial charge on any atom is -0.478 e. The second kappa shape index (κ2) is 6.96. The number of aromatic carboxylic acids is 1. The molecule has 132 valence electrons. The first kappa shape index (κ1) is 16.9. The first-order valence-electron chi connectivity index (χ1n) is 8.82. The molecular weight excluding hydrogens is 334 g/mol. The summed E-state index contributed by atoms with van der Waals surface area (Å²) in [4.78, 5) is 11.4. The predicted molar refractivity (Wildman–Crippen MR) is 108 cm³/mol. The van der Waals surface area contributed by atoms with Crippen LogP contribution in [0, 0.1) is 6.92 Å². The molecule has 0 saturated carbocycles. The maximum absolute atomic E-state index is 11.4. The van der Waals surface area contributed by atoms with Crippen molar-refractivity contribution in [2.75, 3.05) is 0 Å². The van der Waals surface area contributed by atoms with E-state index in [0.717, 1.165) is 33.8 Å². The summed E-state index contributed by atoms with van der Waals surface area (Å²) in [6, 6.07) is 29.6. The smallest absolute Gasteiger partial charge is 0.335 e. The van der Waals surface area contributed by atoms with Gasteiger partial charge in [0.15, 0.2) is 0 Å². The van der Waals surface area contributed by atoms with Crippen LogP contribution < -0.4 is 0 Å². The average Bonchev–Trinajstić information content (AvgIpc) is 3.06. The van der Waals surface area contributed by atoms with E-state index in [9.17, 15) is 9.90 Å². The number of carboxylic acid groups (broad SMARTS) is 1. The summed E-state index contributed by atoms with van der Waals surface area (Å²) in [5.74, 6) is -0.925. The van der Waals surface area contributed by atoms with E-state index in [4.69, 9.17) is 0 Å². The van der Waals surface area contributed by atoms with Crippen molar-refractivity contribution in [2.45, 2.75) is 6.92 Å². The molecule has 0 atom stereocenters. The van der Waals surface area contributed by atoms with E-state index < -0.39 is 5.97 Å². The number of aromatic nitrogens is 1. The molecule has 0 amide bonds. The van der Waals surface area contributed by atoms with Crippen LogP contribution in [0.15, 0.2) is 91.0 Å². The van der Waals surface area contributed by atoms with Crippen molar-refractivity contribution in [1.82, 2.24) is 4.57 Å². The molecule has 3 aromatic carbocycles. The van der Waals surface area contributed by atoms with Crippen LogP contribution in [0.5, 0.6) is 0 Å². The highest BCUT2D eigenvalue weighted by molar-refractivity contribution is 5.88. The summed E-state index contributed by atoms with van der Waals surface area (Å²) in [6.45, 7) is 2.07. The number of benzene rings is 3. The molecule has 1 aromatic heterocycles. The molecule has 1 heterocycles. The van der Waals surface area contributed by atoms with Gasteiger partial charge in [-0.3, -0.25) is 0 Å². The van der Waals surface area contributed by atoms with Gasteiger partial charge in [0.1, 0.15) is 0 Å². The minimum atomic E-state index is -0.925. The number of hydrogen-bond donors (Lipinski definition) is 1. The lowest BCUT2D eigenvalue weighted by Crippen LogP contribution is -2.02. The Balaban J connectivity index is 1.98. The van der Waals surface area contributed by atoms with Crippen LogP contribution in [-0.4, -0.2) is 15.6 Å². The molecule has 0 spiro atoms. The van der Waals surface area contributed by atoms with Crippen LogP contribution in [0.4, 0.5) is 0 Å². The summed E-state index contributed by atoms with van der Waals surface area (Å²) in [7, 11) is 0. The van der Waals surface area contributed by atoms with Crippen molar-refractivity contribution >= 4 is 5.97 Å². The zero-order valence-electron chi connectivity index (χ0n) is 15.0. The van der Waals surface area contributed by atoms with Crippen molar-refractivity contribution in [3.63, 3.8) is 0 Å². The largest absolute Gasteiger partial charge is 0.478 e. The number of rotatable bonds is 4. The summed E-state index contributed by atoms with van der Waals surface area (Å²) in [6.07, 6.45) is 0. The lowest BCUT2D eigenvalue weighted by molar-refractivity contribution is 0.0697. The molecular formula is C24H19NO2. The molecule has 0 aliphatic heterocycles. The minimum absolute atomic E-state index is 0.279. The first-order valence-corrected chi connectivity index (χ1v) is 8.82. The quantitative estimate of drug-likeness (QED) is 0.502. The second-order valence-corrected chi connectivity index (χ2v) is 6.45. The fraction of sp³-hybridized carbons (Fsp3) is 0.0417. The van der Waals surface area contributed by atoms with E-state index in [0.29, 0.717) is 0 Å². The Kier molecular flexibility index (Phi) is 4.35. The molecule has 3 nitrogen and oxygen atoms in total. The topological polar surface area (TPSA) is 42.2 Å². The molecule has 0 saturated heterocycles. The van der Waals surface area contributed by atoms with Crippen LogP contribution in [0.1, 0.15) is 16.1 Å². The molecule has 4 aromatic rings. The highest BCUT2D eigenvalue weighted by Gasteiger charge is 2.17. The zero-order chi connectivity index (χ0) is 18.8. The molecule has 0 aliphatic rings. The Bertz CT molecular complexity index is 1100. The third-order valence-corrected chi connectivity index (χ3v) is 4.75. The van der Waals surface area contributed by atoms with Crippen molar-refractivity contribution in [3.05, 3.63) is 102 Å². The number of hydrogen-bond acceptors (Lipinski definition) is 1. The maximum Gasteiger partial charge on any atom is 0.335 e. The summed E-state index contributed by atoms with van der Waals surface area (Å²) >= 11 is 0. The lowest BCUT2D eigenvalue weighted by atomic mass is 10.1. The molecule has 3 heteroatoms. The van der Waals surface area contributed by atoms with Crippen molar-refractivity contribution < 1.29 is 9.90 Å². The fourth-order valence-corrected chi connectivity index (χ4v) is 3.45. The summed E-state index contributed by atoms with van der Waals surface area (Å²) in [5.41, 5.74) is 6.59. The molecule has 0 bridgehead atoms. The van der Waals surface area contributed by atoms with Gasteiger partial charge in [-0.25, -0.2) is 4.79 Å². The zero-order valence-corrected chi connectivity index (χ0v) is 15.0. The van der Waals surface area contributed by atoms with Gasteiger partial charge in [0.25, 0.3) is 0 Å². The third-order valence-electron chi connectivity index (χ3n) is 4.75. The standard InChI is InChI=1S/C24H19NO2/c1-17-22(18-9-4-2-5-10-18)16-23(19-11-6-3-7-12-19)25(17)21-14-8-13-20(15-21)24(26)27/h2-16H,1H3,(H,26,27). The summed E-state index contributed by atoms with van der Waals surface area (Å²) in [5, 5.41) is 9.39. The Hall–Kier alpha value is -3.59. The Labute approximate surface area is 158 Å². The van der Waals surface area contributed by atoms with Gasteiger partial charge < -0.3 is 9.67 Å². The maximum atomic E-state index is 11.4. The SMILES string of the molecule is Cc1c(-c2ccccc2)cc(-c2ccccc2)n1-c1cccc(C(=O)O)c1. The van der Waals surface area contributed by atoms with E-state index >= 15 is 0 Å². The van der Waals surface area contributed by atoms with E-state index in [1.165, 1.54) is 0 Å². The lowest BCUT2D eigenvalue weighted by Gasteiger charge is -2.13. The van der Waals surface area contributed by atoms with Gasteiger partial charge in [0, 0.05) is 16.9 Å². The highest BCUT2D eigenvalue weighted by atomic mass is 16.4. The van der Waals surface area contributed by atoms with Gasteiger partial charge in [-0.1, -0.05) is 66.7 Å². The average molecular weight is 353 g/mol. The molecule has 0 unspecified atom stereocenters. The van der Waals surface area contributed by atoms with E-state index in [-0.39, 0.29) is 5.56 Å². The Morgan fingerprint density at radius 3 is 2.04 bits per heavy atom. The van der Waals surface area contributed by atoms with E-state index in [1.54, 1.807) is 18.2 Å². The predicted octanol–water partition coefficient (Wildman–Crippen LogP) is 5.82. The molecule has 0 fully saturated rings. The van der Waals surface area contributed by atoms with Gasteiger partial charge in [0.2, 0.25) is 0 Å². The molecule has 0 aliphatic carbocycles. The first-order chi connectivity index (χ1) is 13.1. The van der Waals surface area contributed by atoms with Crippen molar-refractivity contribution in [1.29, 1.82) is 0 Å². The normalized spacial score (nSPS) is 10.7. The van der Waals surface area contributed by atoms with Crippen LogP contribution in [0.3, 0.4) is 0 Å². The second-order valence-electron chi connectivity index (χ2n) is 6.45. The van der Waals surface area contributed by atoms with Crippen LogP contribution >= 0.6 is 0 Å². The Morgan fingerprint density at radius 1 is 0.778 bits per heavy atom. The van der Waals surface area contributed by atoms with Crippen molar-refractivity contribution in [3.8, 4) is 28.1 Å². The van der Waals surface area contributed by atoms with Crippen LogP contribution in [0.25, 0.3) is 28.1 Å². The van der Waals surface area contributed by atoms with Gasteiger partial charge in [-0.05, 0) is 42.3 Å². The van der Waals surface area contributed by atoms with Crippen LogP contribution in [-0.2, 0) is 0 Å². The molecule has 4 rings (SSSR count). The van der Waals surface area contributed by atoms with Crippen LogP contribution in [0.2, 0.25) is 0 Å². The van der Waals surface area contributed by atoms with Gasteiger partial charge >= 0.3 is 5.97 Å².